The predicted octanol–water partition coefficient (Wildman–Crippen LogP) is 5.66. The van der Waals surface area contributed by atoms with Crippen LogP contribution in [0.2, 0.25) is 0 Å². The molecule has 6 rings (SSSR count). The number of rotatable bonds is 0. The number of carbonyl (C=O) groups is 1. The van der Waals surface area contributed by atoms with E-state index in [1.807, 2.05) is 0 Å². The third kappa shape index (κ3) is 2.42. The van der Waals surface area contributed by atoms with Gasteiger partial charge in [0, 0.05) is 11.8 Å². The minimum absolute atomic E-state index is 0.0641. The zero-order valence-corrected chi connectivity index (χ0v) is 22.4. The first-order chi connectivity index (χ1) is 15.6. The van der Waals surface area contributed by atoms with E-state index in [1.54, 1.807) is 0 Å². The number of aliphatic hydroxyl groups is 2. The van der Waals surface area contributed by atoms with Gasteiger partial charge < -0.3 is 14.9 Å². The summed E-state index contributed by atoms with van der Waals surface area (Å²) in [6.45, 7) is 16.5. The molecule has 4 nitrogen and oxygen atoms in total. The van der Waals surface area contributed by atoms with E-state index in [1.165, 1.54) is 5.57 Å². The van der Waals surface area contributed by atoms with Crippen LogP contribution in [0.4, 0.5) is 0 Å². The molecular weight excluding hydrogens is 424 g/mol. The number of hydrogen-bond donors (Lipinski definition) is 2. The second kappa shape index (κ2) is 6.52. The quantitative estimate of drug-likeness (QED) is 0.354. The molecule has 2 bridgehead atoms. The Morgan fingerprint density at radius 1 is 0.882 bits per heavy atom. The number of allylic oxidation sites excluding steroid dienone is 2. The molecule has 0 radical (unpaired) electrons. The smallest absolute Gasteiger partial charge is 0.315 e. The van der Waals surface area contributed by atoms with Crippen LogP contribution in [-0.2, 0) is 9.53 Å². The number of aliphatic hydroxyl groups excluding tert-OH is 2. The Balaban J connectivity index is 1.47. The van der Waals surface area contributed by atoms with Crippen LogP contribution in [0.1, 0.15) is 99.8 Å². The van der Waals surface area contributed by atoms with Gasteiger partial charge >= 0.3 is 5.97 Å². The van der Waals surface area contributed by atoms with Gasteiger partial charge in [0.1, 0.15) is 11.5 Å². The number of esters is 1. The molecule has 1 spiro atoms. The first-order valence-corrected chi connectivity index (χ1v) is 13.9. The van der Waals surface area contributed by atoms with Crippen molar-refractivity contribution in [2.45, 2.75) is 118 Å². The standard InChI is InChI=1S/C30H46O4/c1-25(2)14-18-17-8-9-20-27(5)12-11-21(31)26(3,4)19(27)10-13-28(20,6)29(17,7)15-22(32)30(18)16-23(25)34-24(30)33/h8,18-23,31-32H,9-16H2,1-7H3/t18?,19?,20-,21+,22-,23+,27+,28-,29-,30-/m1/s1. The van der Waals surface area contributed by atoms with Gasteiger partial charge in [-0.2, -0.15) is 0 Å². The molecule has 6 aliphatic rings. The van der Waals surface area contributed by atoms with Crippen LogP contribution in [0.25, 0.3) is 0 Å². The summed E-state index contributed by atoms with van der Waals surface area (Å²) in [6, 6.07) is 0. The Labute approximate surface area is 205 Å². The Kier molecular flexibility index (Phi) is 4.51. The lowest BCUT2D eigenvalue weighted by Crippen LogP contribution is -2.67. The minimum Gasteiger partial charge on any atom is -0.461 e. The molecule has 1 saturated heterocycles. The Bertz CT molecular complexity index is 965. The van der Waals surface area contributed by atoms with Crippen molar-refractivity contribution in [2.24, 2.45) is 50.2 Å². The summed E-state index contributed by atoms with van der Waals surface area (Å²) in [7, 11) is 0. The lowest BCUT2D eigenvalue weighted by Gasteiger charge is -2.71. The van der Waals surface area contributed by atoms with Crippen molar-refractivity contribution in [3.63, 3.8) is 0 Å². The molecule has 0 aromatic carbocycles. The fourth-order valence-corrected chi connectivity index (χ4v) is 11.1. The number of carbonyl (C=O) groups excluding carboxylic acids is 1. The van der Waals surface area contributed by atoms with E-state index in [0.717, 1.165) is 38.5 Å². The van der Waals surface area contributed by atoms with Crippen LogP contribution in [0.5, 0.6) is 0 Å². The fraction of sp³-hybridized carbons (Fsp3) is 0.900. The number of hydrogen-bond acceptors (Lipinski definition) is 4. The molecule has 5 fully saturated rings. The first-order valence-electron chi connectivity index (χ1n) is 13.9. The van der Waals surface area contributed by atoms with Crippen LogP contribution in [0.15, 0.2) is 11.6 Å². The summed E-state index contributed by atoms with van der Waals surface area (Å²) >= 11 is 0. The largest absolute Gasteiger partial charge is 0.461 e. The van der Waals surface area contributed by atoms with E-state index in [0.29, 0.717) is 24.7 Å². The summed E-state index contributed by atoms with van der Waals surface area (Å²) in [6.07, 6.45) is 9.13. The first kappa shape index (κ1) is 23.5. The van der Waals surface area contributed by atoms with Gasteiger partial charge in [0.2, 0.25) is 0 Å². The minimum atomic E-state index is -0.743. The average molecular weight is 471 g/mol. The van der Waals surface area contributed by atoms with Crippen molar-refractivity contribution < 1.29 is 19.7 Å². The Morgan fingerprint density at radius 2 is 1.59 bits per heavy atom. The second-order valence-corrected chi connectivity index (χ2v) is 15.3. The van der Waals surface area contributed by atoms with Crippen molar-refractivity contribution in [2.75, 3.05) is 0 Å². The molecule has 1 heterocycles. The van der Waals surface area contributed by atoms with Crippen LogP contribution < -0.4 is 0 Å². The molecule has 10 atom stereocenters. The highest BCUT2D eigenvalue weighted by atomic mass is 16.6. The highest BCUT2D eigenvalue weighted by Gasteiger charge is 2.74. The van der Waals surface area contributed by atoms with Crippen molar-refractivity contribution in [1.29, 1.82) is 0 Å². The summed E-state index contributed by atoms with van der Waals surface area (Å²) < 4.78 is 5.95. The van der Waals surface area contributed by atoms with E-state index in [9.17, 15) is 15.0 Å². The summed E-state index contributed by atoms with van der Waals surface area (Å²) in [5.74, 6) is 0.977. The number of ether oxygens (including phenoxy) is 1. The Hall–Kier alpha value is -0.870. The van der Waals surface area contributed by atoms with Gasteiger partial charge in [-0.25, -0.2) is 0 Å². The molecule has 0 aromatic rings. The van der Waals surface area contributed by atoms with E-state index in [4.69, 9.17) is 4.74 Å². The maximum atomic E-state index is 13.4. The van der Waals surface area contributed by atoms with Gasteiger partial charge in [0.15, 0.2) is 0 Å². The van der Waals surface area contributed by atoms with Gasteiger partial charge in [-0.1, -0.05) is 60.1 Å². The van der Waals surface area contributed by atoms with Crippen molar-refractivity contribution in [3.8, 4) is 0 Å². The van der Waals surface area contributed by atoms with Gasteiger partial charge in [0.05, 0.1) is 12.2 Å². The molecule has 4 heteroatoms. The molecule has 4 saturated carbocycles. The molecule has 2 unspecified atom stereocenters. The summed E-state index contributed by atoms with van der Waals surface area (Å²) in [5, 5.41) is 22.7. The van der Waals surface area contributed by atoms with Crippen molar-refractivity contribution in [3.05, 3.63) is 11.6 Å². The highest BCUT2D eigenvalue weighted by molar-refractivity contribution is 5.82. The molecule has 2 N–H and O–H groups in total. The van der Waals surface area contributed by atoms with E-state index in [2.05, 4.69) is 54.5 Å². The normalized spacial score (nSPS) is 56.9. The summed E-state index contributed by atoms with van der Waals surface area (Å²) in [5.41, 5.74) is 0.726. The van der Waals surface area contributed by atoms with Gasteiger partial charge in [-0.15, -0.1) is 0 Å². The van der Waals surface area contributed by atoms with E-state index < -0.39 is 11.5 Å². The molecule has 5 aliphatic carbocycles. The van der Waals surface area contributed by atoms with Gasteiger partial charge in [0.25, 0.3) is 0 Å². The maximum absolute atomic E-state index is 13.4. The SMILES string of the molecule is CC1(C)CC2C3=CC[C@@H]4[C@@]5(C)CC[C@H](O)C(C)(C)C5CC[C@@]4(C)[C@]3(C)C[C@@H](O)[C@@]23C[C@@H]1OC3=O. The third-order valence-corrected chi connectivity index (χ3v) is 13.4. The lowest BCUT2D eigenvalue weighted by molar-refractivity contribution is -0.212. The van der Waals surface area contributed by atoms with E-state index in [-0.39, 0.29) is 51.2 Å². The van der Waals surface area contributed by atoms with Crippen LogP contribution in [0.3, 0.4) is 0 Å². The zero-order valence-electron chi connectivity index (χ0n) is 22.4. The second-order valence-electron chi connectivity index (χ2n) is 15.3. The molecule has 190 valence electrons. The van der Waals surface area contributed by atoms with Crippen molar-refractivity contribution >= 4 is 5.97 Å². The predicted molar refractivity (Wildman–Crippen MR) is 132 cm³/mol. The highest BCUT2D eigenvalue weighted by Crippen LogP contribution is 2.76. The van der Waals surface area contributed by atoms with Gasteiger partial charge in [-0.05, 0) is 84.4 Å². The van der Waals surface area contributed by atoms with E-state index >= 15 is 0 Å². The van der Waals surface area contributed by atoms with Crippen LogP contribution in [0, 0.1) is 50.2 Å². The molecule has 1 aliphatic heterocycles. The molecular formula is C30H46O4. The molecule has 0 aromatic heterocycles. The number of fused-ring (bicyclic) bond motifs is 7. The topological polar surface area (TPSA) is 66.8 Å². The Morgan fingerprint density at radius 3 is 2.29 bits per heavy atom. The van der Waals surface area contributed by atoms with Gasteiger partial charge in [-0.3, -0.25) is 4.79 Å². The zero-order chi connectivity index (χ0) is 24.7. The molecule has 0 amide bonds. The summed E-state index contributed by atoms with van der Waals surface area (Å²) in [4.78, 5) is 13.4. The van der Waals surface area contributed by atoms with Crippen LogP contribution >= 0.6 is 0 Å². The van der Waals surface area contributed by atoms with Crippen LogP contribution in [-0.4, -0.2) is 34.5 Å². The molecule has 34 heavy (non-hydrogen) atoms. The average Bonchev–Trinajstić information content (AvgIpc) is 3.05. The fourth-order valence-electron chi connectivity index (χ4n) is 11.1. The lowest BCUT2D eigenvalue weighted by atomic mass is 9.33. The maximum Gasteiger partial charge on any atom is 0.315 e. The van der Waals surface area contributed by atoms with Crippen molar-refractivity contribution in [1.82, 2.24) is 0 Å². The third-order valence-electron chi connectivity index (χ3n) is 13.4. The monoisotopic (exact) mass is 470 g/mol.